The molecule has 16 aromatic carbocycles. The Labute approximate surface area is 587 Å². The first-order valence-corrected chi connectivity index (χ1v) is 34.5. The van der Waals surface area contributed by atoms with Crippen LogP contribution in [0.25, 0.3) is 155 Å². The standard InChI is InChI=1S/C94H60N6O2/c1-5-22-61(23-6-1)62-40-46-73(47-41-62)98(88-58-69-28-13-15-34-77(69)89-92(88)102-93(95-89)65-24-7-2-8-25-65)76-53-55-86-82(60-76)80-37-18-20-39-84(80)100(86)74-50-44-64(45-51-74)68-31-21-30-67(56-68)63-42-48-72(49-43-63)97(75-52-54-85-81(59-75)79-36-17-19-38-83(79)99(85)71-32-11-4-12-33-71)87-57-70-29-14-16-35-78(70)91-90(87)96-94(101-91)66-26-9-3-10-27-66/h1-60H. The number of hydrogen-bond acceptors (Lipinski definition) is 6. The molecule has 4 heterocycles. The summed E-state index contributed by atoms with van der Waals surface area (Å²) in [4.78, 5) is 15.3. The van der Waals surface area contributed by atoms with Gasteiger partial charge in [-0.2, -0.15) is 0 Å². The molecule has 0 saturated heterocycles. The minimum absolute atomic E-state index is 0.575. The van der Waals surface area contributed by atoms with E-state index in [-0.39, 0.29) is 0 Å². The maximum Gasteiger partial charge on any atom is 0.227 e. The highest BCUT2D eigenvalue weighted by atomic mass is 16.4. The Morgan fingerprint density at radius 2 is 0.598 bits per heavy atom. The predicted molar refractivity (Wildman–Crippen MR) is 422 cm³/mol. The highest BCUT2D eigenvalue weighted by Gasteiger charge is 2.27. The number of nitrogens with zero attached hydrogens (tertiary/aromatic N) is 6. The highest BCUT2D eigenvalue weighted by Crippen LogP contribution is 2.49. The Morgan fingerprint density at radius 3 is 1.16 bits per heavy atom. The van der Waals surface area contributed by atoms with Crippen LogP contribution in [-0.4, -0.2) is 19.1 Å². The number of fused-ring (bicyclic) bond motifs is 12. The monoisotopic (exact) mass is 1300 g/mol. The zero-order valence-corrected chi connectivity index (χ0v) is 55.1. The molecule has 0 saturated carbocycles. The fourth-order valence-corrected chi connectivity index (χ4v) is 15.3. The van der Waals surface area contributed by atoms with Gasteiger partial charge in [0, 0.05) is 77.6 Å². The molecule has 0 aliphatic carbocycles. The van der Waals surface area contributed by atoms with E-state index in [1.165, 1.54) is 5.39 Å². The van der Waals surface area contributed by atoms with Gasteiger partial charge in [0.2, 0.25) is 11.8 Å². The van der Waals surface area contributed by atoms with Gasteiger partial charge in [0.1, 0.15) is 11.0 Å². The smallest absolute Gasteiger partial charge is 0.227 e. The average Bonchev–Trinajstić information content (AvgIpc) is 1.54. The molecular formula is C94H60N6O2. The fourth-order valence-electron chi connectivity index (χ4n) is 15.3. The molecule has 0 amide bonds. The number of hydrogen-bond donors (Lipinski definition) is 0. The summed E-state index contributed by atoms with van der Waals surface area (Å²) in [5, 5.41) is 8.80. The van der Waals surface area contributed by atoms with Crippen LogP contribution < -0.4 is 9.80 Å². The summed E-state index contributed by atoms with van der Waals surface area (Å²) in [6, 6.07) is 130. The second-order valence-electron chi connectivity index (χ2n) is 26.1. The number of para-hydroxylation sites is 3. The van der Waals surface area contributed by atoms with Gasteiger partial charge in [-0.3, -0.25) is 0 Å². The van der Waals surface area contributed by atoms with Crippen molar-refractivity contribution in [2.45, 2.75) is 0 Å². The zero-order chi connectivity index (χ0) is 67.2. The Morgan fingerprint density at radius 1 is 0.225 bits per heavy atom. The SMILES string of the molecule is c1ccc(-c2ccc(N(c3ccc4c(c3)c3ccccc3n4-c3ccc(-c4cccc(-c5ccc(N(c6ccc7c(c6)c6ccccc6n7-c6ccccc6)c6cc7ccccc7c7oc(-c8ccccc8)nc67)cc5)c4)cc3)c3cc4ccccc4c4nc(-c5ccccc5)oc34)cc2)cc1. The van der Waals surface area contributed by atoms with Gasteiger partial charge in [0.15, 0.2) is 11.2 Å². The summed E-state index contributed by atoms with van der Waals surface area (Å²) in [5.74, 6) is 1.15. The molecule has 0 bridgehead atoms. The third kappa shape index (κ3) is 9.83. The van der Waals surface area contributed by atoms with Crippen molar-refractivity contribution in [2.75, 3.05) is 9.80 Å². The zero-order valence-electron chi connectivity index (χ0n) is 55.1. The van der Waals surface area contributed by atoms with E-state index >= 15 is 0 Å². The van der Waals surface area contributed by atoms with Crippen LogP contribution in [-0.2, 0) is 0 Å². The topological polar surface area (TPSA) is 68.4 Å². The van der Waals surface area contributed by atoms with Crippen molar-refractivity contribution in [3.63, 3.8) is 0 Å². The maximum absolute atomic E-state index is 6.94. The largest absolute Gasteiger partial charge is 0.435 e. The lowest BCUT2D eigenvalue weighted by atomic mass is 9.98. The van der Waals surface area contributed by atoms with E-state index in [1.807, 2.05) is 36.4 Å². The molecule has 0 fully saturated rings. The summed E-state index contributed by atoms with van der Waals surface area (Å²) >= 11 is 0. The molecule has 102 heavy (non-hydrogen) atoms. The van der Waals surface area contributed by atoms with Gasteiger partial charge in [-0.15, -0.1) is 0 Å². The molecule has 0 aliphatic rings. The van der Waals surface area contributed by atoms with E-state index in [0.29, 0.717) is 17.4 Å². The normalized spacial score (nSPS) is 11.7. The number of anilines is 6. The molecule has 0 atom stereocenters. The van der Waals surface area contributed by atoms with Crippen LogP contribution in [0.4, 0.5) is 34.1 Å². The Bertz CT molecular complexity index is 6600. The fraction of sp³-hybridized carbons (Fsp3) is 0. The second kappa shape index (κ2) is 24.0. The summed E-state index contributed by atoms with van der Waals surface area (Å²) in [6.07, 6.45) is 0. The van der Waals surface area contributed by atoms with E-state index < -0.39 is 0 Å². The maximum atomic E-state index is 6.94. The van der Waals surface area contributed by atoms with Gasteiger partial charge in [0.25, 0.3) is 0 Å². The summed E-state index contributed by atoms with van der Waals surface area (Å²) < 4.78 is 18.5. The lowest BCUT2D eigenvalue weighted by Gasteiger charge is -2.26. The van der Waals surface area contributed by atoms with Crippen LogP contribution >= 0.6 is 0 Å². The van der Waals surface area contributed by atoms with Crippen molar-refractivity contribution in [2.24, 2.45) is 0 Å². The average molecular weight is 1310 g/mol. The third-order valence-electron chi connectivity index (χ3n) is 20.1. The molecule has 0 aliphatic heterocycles. The number of rotatable bonds is 13. The van der Waals surface area contributed by atoms with Crippen LogP contribution in [0.15, 0.2) is 373 Å². The van der Waals surface area contributed by atoms with Crippen LogP contribution in [0, 0.1) is 0 Å². The van der Waals surface area contributed by atoms with E-state index in [4.69, 9.17) is 18.8 Å². The first-order chi connectivity index (χ1) is 50.6. The molecule has 0 spiro atoms. The van der Waals surface area contributed by atoms with Crippen LogP contribution in [0.3, 0.4) is 0 Å². The predicted octanol–water partition coefficient (Wildman–Crippen LogP) is 25.7. The van der Waals surface area contributed by atoms with Gasteiger partial charge in [-0.25, -0.2) is 9.97 Å². The van der Waals surface area contributed by atoms with E-state index in [9.17, 15) is 0 Å². The summed E-state index contributed by atoms with van der Waals surface area (Å²) in [7, 11) is 0. The Hall–Kier alpha value is -13.8. The lowest BCUT2D eigenvalue weighted by molar-refractivity contribution is 0.620. The van der Waals surface area contributed by atoms with E-state index in [2.05, 4.69) is 347 Å². The van der Waals surface area contributed by atoms with Crippen LogP contribution in [0.5, 0.6) is 0 Å². The van der Waals surface area contributed by atoms with E-state index in [0.717, 1.165) is 166 Å². The van der Waals surface area contributed by atoms with Crippen molar-refractivity contribution in [3.8, 4) is 67.7 Å². The Balaban J connectivity index is 0.667. The number of oxazole rings is 2. The van der Waals surface area contributed by atoms with Crippen molar-refractivity contribution >= 4 is 121 Å². The van der Waals surface area contributed by atoms with Crippen molar-refractivity contribution in [1.82, 2.24) is 19.1 Å². The molecule has 0 N–H and O–H groups in total. The molecule has 0 radical (unpaired) electrons. The first kappa shape index (κ1) is 58.3. The van der Waals surface area contributed by atoms with Gasteiger partial charge in [-0.05, 0) is 184 Å². The Kier molecular flexibility index (Phi) is 13.7. The molecule has 20 aromatic rings. The molecule has 4 aromatic heterocycles. The van der Waals surface area contributed by atoms with Crippen molar-refractivity contribution < 1.29 is 8.83 Å². The van der Waals surface area contributed by atoms with Gasteiger partial charge in [0.05, 0.1) is 33.4 Å². The highest BCUT2D eigenvalue weighted by molar-refractivity contribution is 6.16. The van der Waals surface area contributed by atoms with Gasteiger partial charge < -0.3 is 27.8 Å². The molecule has 478 valence electrons. The molecule has 8 nitrogen and oxygen atoms in total. The molecule has 8 heteroatoms. The van der Waals surface area contributed by atoms with Crippen molar-refractivity contribution in [3.05, 3.63) is 364 Å². The van der Waals surface area contributed by atoms with Gasteiger partial charge in [-0.1, -0.05) is 224 Å². The van der Waals surface area contributed by atoms with E-state index in [1.54, 1.807) is 0 Å². The lowest BCUT2D eigenvalue weighted by Crippen LogP contribution is -2.11. The first-order valence-electron chi connectivity index (χ1n) is 34.5. The summed E-state index contributed by atoms with van der Waals surface area (Å²) in [6.45, 7) is 0. The second-order valence-corrected chi connectivity index (χ2v) is 26.1. The number of benzene rings is 16. The van der Waals surface area contributed by atoms with Crippen LogP contribution in [0.1, 0.15) is 0 Å². The molecule has 20 rings (SSSR count). The van der Waals surface area contributed by atoms with Crippen LogP contribution in [0.2, 0.25) is 0 Å². The summed E-state index contributed by atoms with van der Waals surface area (Å²) in [5.41, 5.74) is 24.1. The quantitative estimate of drug-likeness (QED) is 0.115. The third-order valence-corrected chi connectivity index (χ3v) is 20.1. The molecular weight excluding hydrogens is 1250 g/mol. The minimum Gasteiger partial charge on any atom is -0.435 e. The van der Waals surface area contributed by atoms with Crippen molar-refractivity contribution in [1.29, 1.82) is 0 Å². The minimum atomic E-state index is 0.575. The molecule has 0 unspecified atom stereocenters. The number of aromatic nitrogens is 4. The van der Waals surface area contributed by atoms with Gasteiger partial charge >= 0.3 is 0 Å².